The second kappa shape index (κ2) is 4.31. The standard InChI is InChI=1S/C11H22BrN/c1-9-5-10(9)6-13(4)8-11(2,3)7-12/h9-10H,5-8H2,1-4H3. The zero-order valence-electron chi connectivity index (χ0n) is 9.31. The minimum absolute atomic E-state index is 0.410. The summed E-state index contributed by atoms with van der Waals surface area (Å²) in [6.45, 7) is 9.47. The molecular formula is C11H22BrN. The maximum Gasteiger partial charge on any atom is 0.00949 e. The van der Waals surface area contributed by atoms with E-state index in [1.54, 1.807) is 0 Å². The summed E-state index contributed by atoms with van der Waals surface area (Å²) < 4.78 is 0. The lowest BCUT2D eigenvalue weighted by Crippen LogP contribution is -2.33. The van der Waals surface area contributed by atoms with E-state index in [2.05, 4.69) is 48.6 Å². The fourth-order valence-corrected chi connectivity index (χ4v) is 2.07. The van der Waals surface area contributed by atoms with Crippen molar-refractivity contribution in [2.24, 2.45) is 17.3 Å². The summed E-state index contributed by atoms with van der Waals surface area (Å²) in [5.74, 6) is 1.96. The first kappa shape index (κ1) is 11.5. The van der Waals surface area contributed by atoms with Crippen LogP contribution < -0.4 is 0 Å². The number of halogens is 1. The van der Waals surface area contributed by atoms with Crippen LogP contribution in [-0.2, 0) is 0 Å². The Morgan fingerprint density at radius 3 is 2.38 bits per heavy atom. The zero-order chi connectivity index (χ0) is 10.1. The summed E-state index contributed by atoms with van der Waals surface area (Å²) in [4.78, 5) is 2.48. The van der Waals surface area contributed by atoms with Gasteiger partial charge in [0.05, 0.1) is 0 Å². The maximum absolute atomic E-state index is 3.57. The molecule has 2 atom stereocenters. The molecule has 0 aromatic rings. The lowest BCUT2D eigenvalue weighted by molar-refractivity contribution is 0.222. The second-order valence-electron chi connectivity index (χ2n) is 5.47. The van der Waals surface area contributed by atoms with Gasteiger partial charge in [-0.25, -0.2) is 0 Å². The van der Waals surface area contributed by atoms with Crippen LogP contribution in [0.15, 0.2) is 0 Å². The molecule has 0 aromatic carbocycles. The van der Waals surface area contributed by atoms with Crippen molar-refractivity contribution in [1.29, 1.82) is 0 Å². The predicted octanol–water partition coefficient (Wildman–Crippen LogP) is 3.00. The van der Waals surface area contributed by atoms with E-state index in [4.69, 9.17) is 0 Å². The molecule has 1 saturated carbocycles. The molecule has 1 nitrogen and oxygen atoms in total. The van der Waals surface area contributed by atoms with E-state index in [0.717, 1.165) is 17.2 Å². The van der Waals surface area contributed by atoms with Crippen molar-refractivity contribution >= 4 is 15.9 Å². The number of rotatable bonds is 5. The first-order valence-electron chi connectivity index (χ1n) is 5.19. The van der Waals surface area contributed by atoms with E-state index in [9.17, 15) is 0 Å². The lowest BCUT2D eigenvalue weighted by Gasteiger charge is -2.28. The van der Waals surface area contributed by atoms with Crippen molar-refractivity contribution in [2.45, 2.75) is 27.2 Å². The Morgan fingerprint density at radius 2 is 2.00 bits per heavy atom. The molecule has 1 aliphatic carbocycles. The van der Waals surface area contributed by atoms with Crippen LogP contribution in [0, 0.1) is 17.3 Å². The smallest absolute Gasteiger partial charge is 0.00949 e. The molecule has 0 amide bonds. The largest absolute Gasteiger partial charge is 0.306 e. The predicted molar refractivity (Wildman–Crippen MR) is 62.3 cm³/mol. The molecule has 1 fully saturated rings. The van der Waals surface area contributed by atoms with Crippen molar-refractivity contribution in [3.05, 3.63) is 0 Å². The van der Waals surface area contributed by atoms with Gasteiger partial charge in [-0.1, -0.05) is 36.7 Å². The SMILES string of the molecule is CC1CC1CN(C)CC(C)(C)CBr. The molecule has 13 heavy (non-hydrogen) atoms. The lowest BCUT2D eigenvalue weighted by atomic mass is 9.96. The van der Waals surface area contributed by atoms with Crippen LogP contribution in [0.25, 0.3) is 0 Å². The van der Waals surface area contributed by atoms with E-state index in [1.807, 2.05) is 0 Å². The second-order valence-corrected chi connectivity index (χ2v) is 6.03. The van der Waals surface area contributed by atoms with Gasteiger partial charge in [0.2, 0.25) is 0 Å². The molecule has 2 unspecified atom stereocenters. The van der Waals surface area contributed by atoms with Crippen LogP contribution in [0.1, 0.15) is 27.2 Å². The number of nitrogens with zero attached hydrogens (tertiary/aromatic N) is 1. The highest BCUT2D eigenvalue weighted by Crippen LogP contribution is 2.38. The molecule has 0 bridgehead atoms. The molecule has 78 valence electrons. The molecule has 0 heterocycles. The topological polar surface area (TPSA) is 3.24 Å². The highest BCUT2D eigenvalue weighted by Gasteiger charge is 2.33. The quantitative estimate of drug-likeness (QED) is 0.676. The molecule has 2 heteroatoms. The summed E-state index contributed by atoms with van der Waals surface area (Å²) in [7, 11) is 2.25. The average molecular weight is 248 g/mol. The van der Waals surface area contributed by atoms with Gasteiger partial charge in [0.1, 0.15) is 0 Å². The zero-order valence-corrected chi connectivity index (χ0v) is 10.9. The minimum atomic E-state index is 0.410. The van der Waals surface area contributed by atoms with Crippen molar-refractivity contribution in [3.8, 4) is 0 Å². The fourth-order valence-electron chi connectivity index (χ4n) is 1.89. The van der Waals surface area contributed by atoms with E-state index in [1.165, 1.54) is 19.5 Å². The van der Waals surface area contributed by atoms with Crippen LogP contribution in [0.5, 0.6) is 0 Å². The van der Waals surface area contributed by atoms with Crippen LogP contribution in [0.3, 0.4) is 0 Å². The molecular weight excluding hydrogens is 226 g/mol. The molecule has 0 radical (unpaired) electrons. The minimum Gasteiger partial charge on any atom is -0.306 e. The molecule has 1 aliphatic rings. The fraction of sp³-hybridized carbons (Fsp3) is 1.00. The first-order valence-corrected chi connectivity index (χ1v) is 6.31. The van der Waals surface area contributed by atoms with Gasteiger partial charge in [-0.3, -0.25) is 0 Å². The Morgan fingerprint density at radius 1 is 1.46 bits per heavy atom. The molecule has 0 N–H and O–H groups in total. The Hall–Kier alpha value is 0.440. The molecule has 0 aromatic heterocycles. The van der Waals surface area contributed by atoms with Gasteiger partial charge < -0.3 is 4.90 Å². The maximum atomic E-state index is 3.57. The van der Waals surface area contributed by atoms with Gasteiger partial charge >= 0.3 is 0 Å². The van der Waals surface area contributed by atoms with Gasteiger partial charge in [-0.05, 0) is 30.7 Å². The summed E-state index contributed by atoms with van der Waals surface area (Å²) >= 11 is 3.57. The highest BCUT2D eigenvalue weighted by atomic mass is 79.9. The third-order valence-electron chi connectivity index (χ3n) is 2.88. The normalized spacial score (nSPS) is 28.2. The highest BCUT2D eigenvalue weighted by molar-refractivity contribution is 9.09. The molecule has 0 aliphatic heterocycles. The van der Waals surface area contributed by atoms with E-state index < -0.39 is 0 Å². The van der Waals surface area contributed by atoms with E-state index in [0.29, 0.717) is 5.41 Å². The average Bonchev–Trinajstić information content (AvgIpc) is 2.65. The van der Waals surface area contributed by atoms with Gasteiger partial charge in [0.15, 0.2) is 0 Å². The van der Waals surface area contributed by atoms with Crippen LogP contribution in [0.2, 0.25) is 0 Å². The Balaban J connectivity index is 2.20. The van der Waals surface area contributed by atoms with Crippen LogP contribution >= 0.6 is 15.9 Å². The van der Waals surface area contributed by atoms with Gasteiger partial charge in [-0.2, -0.15) is 0 Å². The Bertz CT molecular complexity index is 167. The number of hydrogen-bond acceptors (Lipinski definition) is 1. The molecule has 0 saturated heterocycles. The van der Waals surface area contributed by atoms with Crippen molar-refractivity contribution in [2.75, 3.05) is 25.5 Å². The Kier molecular flexibility index (Phi) is 3.82. The van der Waals surface area contributed by atoms with Crippen molar-refractivity contribution in [3.63, 3.8) is 0 Å². The molecule has 1 rings (SSSR count). The van der Waals surface area contributed by atoms with Crippen LogP contribution in [-0.4, -0.2) is 30.4 Å². The monoisotopic (exact) mass is 247 g/mol. The van der Waals surface area contributed by atoms with Gasteiger partial charge in [-0.15, -0.1) is 0 Å². The first-order chi connectivity index (χ1) is 5.94. The summed E-state index contributed by atoms with van der Waals surface area (Å²) in [5, 5.41) is 1.09. The summed E-state index contributed by atoms with van der Waals surface area (Å²) in [6.07, 6.45) is 1.44. The summed E-state index contributed by atoms with van der Waals surface area (Å²) in [6, 6.07) is 0. The summed E-state index contributed by atoms with van der Waals surface area (Å²) in [5.41, 5.74) is 0.410. The van der Waals surface area contributed by atoms with Gasteiger partial charge in [0.25, 0.3) is 0 Å². The Labute approximate surface area is 91.0 Å². The van der Waals surface area contributed by atoms with Crippen molar-refractivity contribution in [1.82, 2.24) is 4.90 Å². The number of alkyl halides is 1. The van der Waals surface area contributed by atoms with Gasteiger partial charge in [0, 0.05) is 18.4 Å². The number of hydrogen-bond donors (Lipinski definition) is 0. The third kappa shape index (κ3) is 3.99. The van der Waals surface area contributed by atoms with E-state index in [-0.39, 0.29) is 0 Å². The van der Waals surface area contributed by atoms with Crippen LogP contribution in [0.4, 0.5) is 0 Å². The molecule has 0 spiro atoms. The van der Waals surface area contributed by atoms with E-state index >= 15 is 0 Å². The third-order valence-corrected chi connectivity index (χ3v) is 4.40. The van der Waals surface area contributed by atoms with Crippen molar-refractivity contribution < 1.29 is 0 Å².